The van der Waals surface area contributed by atoms with E-state index in [2.05, 4.69) is 94.9 Å². The Hall–Kier alpha value is -6.33. The van der Waals surface area contributed by atoms with Crippen LogP contribution in [0.15, 0.2) is 152 Å². The van der Waals surface area contributed by atoms with Crippen LogP contribution < -0.4 is 0 Å². The normalized spacial score (nSPS) is 11.5. The molecule has 0 radical (unpaired) electrons. The lowest BCUT2D eigenvalue weighted by atomic mass is 9.92. The average molecular weight is 588 g/mol. The van der Waals surface area contributed by atoms with Crippen LogP contribution in [0.2, 0.25) is 0 Å². The van der Waals surface area contributed by atoms with Crippen molar-refractivity contribution in [3.05, 3.63) is 152 Å². The van der Waals surface area contributed by atoms with Crippen molar-refractivity contribution in [1.82, 2.24) is 24.9 Å². The maximum atomic E-state index is 5.08. The quantitative estimate of drug-likeness (QED) is 0.151. The Bertz CT molecular complexity index is 2520. The minimum atomic E-state index is 0.813. The molecule has 46 heavy (non-hydrogen) atoms. The zero-order valence-electron chi connectivity index (χ0n) is 24.7. The lowest BCUT2D eigenvalue weighted by Gasteiger charge is -2.14. The van der Waals surface area contributed by atoms with E-state index in [9.17, 15) is 0 Å². The molecule has 0 saturated heterocycles. The van der Waals surface area contributed by atoms with Crippen molar-refractivity contribution in [3.63, 3.8) is 0 Å². The lowest BCUT2D eigenvalue weighted by molar-refractivity contribution is 1.22. The van der Waals surface area contributed by atoms with E-state index in [0.717, 1.165) is 82.9 Å². The minimum Gasteiger partial charge on any atom is -0.255 e. The topological polar surface area (TPSA) is 64.5 Å². The third-order valence-corrected chi connectivity index (χ3v) is 8.57. The van der Waals surface area contributed by atoms with Crippen molar-refractivity contribution < 1.29 is 0 Å². The molecule has 4 aromatic carbocycles. The first-order valence-corrected chi connectivity index (χ1v) is 15.2. The summed E-state index contributed by atoms with van der Waals surface area (Å²) in [6.45, 7) is 0. The third-order valence-electron chi connectivity index (χ3n) is 8.57. The molecule has 0 spiro atoms. The van der Waals surface area contributed by atoms with Gasteiger partial charge >= 0.3 is 0 Å². The fraction of sp³-hybridized carbons (Fsp3) is 0. The minimum absolute atomic E-state index is 0.813. The highest BCUT2D eigenvalue weighted by Crippen LogP contribution is 2.39. The highest BCUT2D eigenvalue weighted by atomic mass is 14.8. The number of pyridine rings is 5. The molecule has 5 nitrogen and oxygen atoms in total. The van der Waals surface area contributed by atoms with E-state index in [0.29, 0.717) is 0 Å². The Balaban J connectivity index is 1.20. The van der Waals surface area contributed by atoms with Crippen LogP contribution in [0, 0.1) is 0 Å². The second-order valence-electron chi connectivity index (χ2n) is 11.4. The van der Waals surface area contributed by atoms with Crippen LogP contribution in [0.4, 0.5) is 0 Å². The highest BCUT2D eigenvalue weighted by molar-refractivity contribution is 6.16. The summed E-state index contributed by atoms with van der Waals surface area (Å²) >= 11 is 0. The van der Waals surface area contributed by atoms with E-state index >= 15 is 0 Å². The maximum Gasteiger partial charge on any atom is 0.0978 e. The molecule has 9 rings (SSSR count). The molecule has 5 heteroatoms. The smallest absolute Gasteiger partial charge is 0.0978 e. The van der Waals surface area contributed by atoms with Crippen molar-refractivity contribution in [2.24, 2.45) is 0 Å². The molecule has 0 saturated carbocycles. The summed E-state index contributed by atoms with van der Waals surface area (Å²) in [4.78, 5) is 23.9. The Kier molecular flexibility index (Phi) is 6.06. The van der Waals surface area contributed by atoms with Crippen LogP contribution in [0.5, 0.6) is 0 Å². The van der Waals surface area contributed by atoms with E-state index < -0.39 is 0 Å². The van der Waals surface area contributed by atoms with Gasteiger partial charge in [-0.25, -0.2) is 9.97 Å². The van der Waals surface area contributed by atoms with Gasteiger partial charge in [0, 0.05) is 40.3 Å². The first-order chi connectivity index (χ1) is 22.8. The molecule has 0 atom stereocenters. The second-order valence-corrected chi connectivity index (χ2v) is 11.4. The summed E-state index contributed by atoms with van der Waals surface area (Å²) in [6.07, 6.45) is 5.44. The fourth-order valence-corrected chi connectivity index (χ4v) is 6.37. The Morgan fingerprint density at radius 2 is 1.00 bits per heavy atom. The monoisotopic (exact) mass is 587 g/mol. The van der Waals surface area contributed by atoms with Gasteiger partial charge in [0.25, 0.3) is 0 Å². The standard InChI is InChI=1S/C41H25N5/c1-2-10-34-32(9-1)39(33-18-17-26-8-7-21-44-40(26)41(33)46-34)30-16-15-27-22-29(14-13-28(27)23-30)31-24-37(35-11-3-5-19-42-35)45-38(25-31)36-12-4-6-20-43-36/h1-25H. The number of hydrogen-bond donors (Lipinski definition) is 0. The van der Waals surface area contributed by atoms with Gasteiger partial charge < -0.3 is 0 Å². The number of aromatic nitrogens is 5. The first-order valence-electron chi connectivity index (χ1n) is 15.2. The van der Waals surface area contributed by atoms with Gasteiger partial charge in [-0.1, -0.05) is 72.8 Å². The van der Waals surface area contributed by atoms with Gasteiger partial charge in [0.1, 0.15) is 0 Å². The van der Waals surface area contributed by atoms with Gasteiger partial charge in [0.2, 0.25) is 0 Å². The van der Waals surface area contributed by atoms with Crippen molar-refractivity contribution in [2.45, 2.75) is 0 Å². The number of rotatable bonds is 4. The molecule has 0 aliphatic heterocycles. The second kappa shape index (κ2) is 10.7. The molecule has 5 heterocycles. The van der Waals surface area contributed by atoms with Crippen LogP contribution in [-0.2, 0) is 0 Å². The summed E-state index contributed by atoms with van der Waals surface area (Å²) in [7, 11) is 0. The largest absolute Gasteiger partial charge is 0.255 e. The predicted octanol–water partition coefficient (Wildman–Crippen LogP) is 9.94. The van der Waals surface area contributed by atoms with Crippen LogP contribution in [-0.4, -0.2) is 24.9 Å². The third kappa shape index (κ3) is 4.45. The Morgan fingerprint density at radius 1 is 0.348 bits per heavy atom. The van der Waals surface area contributed by atoms with Gasteiger partial charge in [-0.3, -0.25) is 15.0 Å². The van der Waals surface area contributed by atoms with Gasteiger partial charge in [-0.15, -0.1) is 0 Å². The molecule has 5 aromatic heterocycles. The summed E-state index contributed by atoms with van der Waals surface area (Å²) in [5.74, 6) is 0. The number of hydrogen-bond acceptors (Lipinski definition) is 5. The van der Waals surface area contributed by atoms with Gasteiger partial charge in [0.05, 0.1) is 39.3 Å². The van der Waals surface area contributed by atoms with Crippen molar-refractivity contribution in [1.29, 1.82) is 0 Å². The van der Waals surface area contributed by atoms with Crippen molar-refractivity contribution in [3.8, 4) is 45.0 Å². The zero-order chi connectivity index (χ0) is 30.5. The molecule has 0 bridgehead atoms. The molecule has 0 aliphatic rings. The molecule has 214 valence electrons. The van der Waals surface area contributed by atoms with E-state index in [-0.39, 0.29) is 0 Å². The summed E-state index contributed by atoms with van der Waals surface area (Å²) in [6, 6.07) is 46.1. The lowest BCUT2D eigenvalue weighted by Crippen LogP contribution is -1.94. The molecule has 0 aliphatic carbocycles. The van der Waals surface area contributed by atoms with E-state index in [1.54, 1.807) is 12.4 Å². The van der Waals surface area contributed by atoms with Crippen LogP contribution >= 0.6 is 0 Å². The molecule has 0 amide bonds. The van der Waals surface area contributed by atoms with Crippen molar-refractivity contribution in [2.75, 3.05) is 0 Å². The highest BCUT2D eigenvalue weighted by Gasteiger charge is 2.15. The van der Waals surface area contributed by atoms with Crippen LogP contribution in [0.3, 0.4) is 0 Å². The van der Waals surface area contributed by atoms with Crippen molar-refractivity contribution >= 4 is 43.5 Å². The molecule has 9 aromatic rings. The number of fused-ring (bicyclic) bond motifs is 5. The van der Waals surface area contributed by atoms with Gasteiger partial charge in [-0.2, -0.15) is 0 Å². The molecule has 0 unspecified atom stereocenters. The fourth-order valence-electron chi connectivity index (χ4n) is 6.37. The number of para-hydroxylation sites is 1. The van der Waals surface area contributed by atoms with Gasteiger partial charge in [0.15, 0.2) is 0 Å². The molecular weight excluding hydrogens is 562 g/mol. The number of nitrogens with zero attached hydrogens (tertiary/aromatic N) is 5. The average Bonchev–Trinajstić information content (AvgIpc) is 3.14. The summed E-state index contributed by atoms with van der Waals surface area (Å²) in [5, 5.41) is 5.64. The SMILES string of the molecule is c1ccc(-c2cc(-c3ccc4cc(-c5c6ccccc6nc6c5ccc5cccnc56)ccc4c3)cc(-c3ccccn3)n2)nc1. The first kappa shape index (κ1) is 26.1. The predicted molar refractivity (Wildman–Crippen MR) is 187 cm³/mol. The zero-order valence-corrected chi connectivity index (χ0v) is 24.7. The number of benzene rings is 4. The van der Waals surface area contributed by atoms with E-state index in [1.165, 1.54) is 5.56 Å². The maximum absolute atomic E-state index is 5.08. The molecular formula is C41H25N5. The Labute approximate surface area is 264 Å². The molecule has 0 fully saturated rings. The Morgan fingerprint density at radius 3 is 1.74 bits per heavy atom. The van der Waals surface area contributed by atoms with Crippen LogP contribution in [0.1, 0.15) is 0 Å². The summed E-state index contributed by atoms with van der Waals surface area (Å²) in [5.41, 5.74) is 10.6. The van der Waals surface area contributed by atoms with Crippen LogP contribution in [0.25, 0.3) is 88.5 Å². The molecule has 0 N–H and O–H groups in total. The van der Waals surface area contributed by atoms with E-state index in [1.807, 2.05) is 54.7 Å². The summed E-state index contributed by atoms with van der Waals surface area (Å²) < 4.78 is 0. The van der Waals surface area contributed by atoms with E-state index in [4.69, 9.17) is 15.0 Å². The van der Waals surface area contributed by atoms with Gasteiger partial charge in [-0.05, 0) is 88.1 Å².